The fourth-order valence-electron chi connectivity index (χ4n) is 3.64. The summed E-state index contributed by atoms with van der Waals surface area (Å²) in [6.45, 7) is 2.08. The van der Waals surface area contributed by atoms with E-state index in [0.717, 1.165) is 12.0 Å². The van der Waals surface area contributed by atoms with Crippen molar-refractivity contribution in [2.24, 2.45) is 5.92 Å². The lowest BCUT2D eigenvalue weighted by molar-refractivity contribution is -0.121. The van der Waals surface area contributed by atoms with Gasteiger partial charge in [-0.2, -0.15) is 4.31 Å². The predicted octanol–water partition coefficient (Wildman–Crippen LogP) is 2.29. The molecule has 1 aliphatic carbocycles. The van der Waals surface area contributed by atoms with E-state index in [0.29, 0.717) is 45.2 Å². The van der Waals surface area contributed by atoms with Crippen LogP contribution in [0.2, 0.25) is 0 Å². The molecule has 1 aliphatic heterocycles. The van der Waals surface area contributed by atoms with E-state index in [1.165, 1.54) is 30.0 Å². The molecular weight excluding hydrogens is 352 g/mol. The van der Waals surface area contributed by atoms with Gasteiger partial charge in [-0.15, -0.1) is 0 Å². The van der Waals surface area contributed by atoms with Crippen molar-refractivity contribution in [3.05, 3.63) is 29.8 Å². The Bertz CT molecular complexity index is 691. The first-order chi connectivity index (χ1) is 12.6. The van der Waals surface area contributed by atoms with Gasteiger partial charge in [0.15, 0.2) is 0 Å². The molecule has 0 bridgehead atoms. The molecule has 3 rings (SSSR count). The highest BCUT2D eigenvalue weighted by atomic mass is 32.2. The summed E-state index contributed by atoms with van der Waals surface area (Å²) in [7, 11) is -3.46. The molecule has 1 heterocycles. The largest absolute Gasteiger partial charge is 0.379 e. The highest BCUT2D eigenvalue weighted by Gasteiger charge is 2.26. The van der Waals surface area contributed by atoms with Crippen LogP contribution in [0.25, 0.3) is 0 Å². The van der Waals surface area contributed by atoms with Crippen LogP contribution in [0, 0.1) is 5.92 Å². The molecule has 1 saturated heterocycles. The molecule has 0 aromatic heterocycles. The van der Waals surface area contributed by atoms with Crippen molar-refractivity contribution < 1.29 is 17.9 Å². The number of nitrogens with zero attached hydrogens (tertiary/aromatic N) is 1. The second kappa shape index (κ2) is 8.97. The molecule has 0 radical (unpaired) electrons. The summed E-state index contributed by atoms with van der Waals surface area (Å²) >= 11 is 0. The Labute approximate surface area is 156 Å². The Morgan fingerprint density at radius 1 is 1.12 bits per heavy atom. The van der Waals surface area contributed by atoms with E-state index in [9.17, 15) is 13.2 Å². The molecule has 1 amide bonds. The summed E-state index contributed by atoms with van der Waals surface area (Å²) < 4.78 is 31.8. The second-order valence-corrected chi connectivity index (χ2v) is 9.06. The van der Waals surface area contributed by atoms with Gasteiger partial charge >= 0.3 is 0 Å². The lowest BCUT2D eigenvalue weighted by Crippen LogP contribution is -2.40. The Kier molecular flexibility index (Phi) is 6.67. The van der Waals surface area contributed by atoms with Gasteiger partial charge in [0.25, 0.3) is 0 Å². The first-order valence-electron chi connectivity index (χ1n) is 9.49. The van der Waals surface area contributed by atoms with Crippen LogP contribution in [0.15, 0.2) is 29.2 Å². The van der Waals surface area contributed by atoms with Gasteiger partial charge in [0.1, 0.15) is 0 Å². The van der Waals surface area contributed by atoms with Crippen LogP contribution in [0.5, 0.6) is 0 Å². The Morgan fingerprint density at radius 2 is 1.77 bits per heavy atom. The van der Waals surface area contributed by atoms with Crippen LogP contribution in [0.4, 0.5) is 0 Å². The lowest BCUT2D eigenvalue weighted by Gasteiger charge is -2.26. The van der Waals surface area contributed by atoms with E-state index in [1.54, 1.807) is 24.3 Å². The van der Waals surface area contributed by atoms with Gasteiger partial charge in [-0.1, -0.05) is 37.8 Å². The lowest BCUT2D eigenvalue weighted by atomic mass is 10.0. The van der Waals surface area contributed by atoms with Crippen molar-refractivity contribution >= 4 is 15.9 Å². The zero-order valence-electron chi connectivity index (χ0n) is 15.2. The van der Waals surface area contributed by atoms with E-state index >= 15 is 0 Å². The molecule has 0 atom stereocenters. The van der Waals surface area contributed by atoms with E-state index < -0.39 is 10.0 Å². The monoisotopic (exact) mass is 380 g/mol. The Morgan fingerprint density at radius 3 is 2.42 bits per heavy atom. The van der Waals surface area contributed by atoms with Gasteiger partial charge in [0.2, 0.25) is 15.9 Å². The van der Waals surface area contributed by atoms with Crippen molar-refractivity contribution in [1.29, 1.82) is 0 Å². The van der Waals surface area contributed by atoms with Crippen LogP contribution in [0.3, 0.4) is 0 Å². The molecule has 26 heavy (non-hydrogen) atoms. The van der Waals surface area contributed by atoms with Crippen molar-refractivity contribution in [2.75, 3.05) is 26.3 Å². The van der Waals surface area contributed by atoms with Crippen molar-refractivity contribution in [2.45, 2.75) is 50.0 Å². The summed E-state index contributed by atoms with van der Waals surface area (Å²) in [6.07, 6.45) is 6.66. The van der Waals surface area contributed by atoms with E-state index in [-0.39, 0.29) is 10.8 Å². The molecular formula is C19H28N2O4S. The molecule has 1 saturated carbocycles. The summed E-state index contributed by atoms with van der Waals surface area (Å²) in [5.74, 6) is 0.785. The average Bonchev–Trinajstić information content (AvgIpc) is 3.19. The summed E-state index contributed by atoms with van der Waals surface area (Å²) in [5, 5.41) is 2.93. The molecule has 1 N–H and O–H groups in total. The van der Waals surface area contributed by atoms with Crippen LogP contribution >= 0.6 is 0 Å². The number of hydrogen-bond acceptors (Lipinski definition) is 4. The molecule has 0 spiro atoms. The Hall–Kier alpha value is -1.44. The third-order valence-corrected chi connectivity index (χ3v) is 7.19. The Balaban J connectivity index is 1.48. The van der Waals surface area contributed by atoms with Crippen LogP contribution in [-0.4, -0.2) is 44.9 Å². The highest BCUT2D eigenvalue weighted by Crippen LogP contribution is 2.28. The molecule has 2 aliphatic rings. The predicted molar refractivity (Wildman–Crippen MR) is 99.1 cm³/mol. The number of ether oxygens (including phenoxy) is 1. The molecule has 7 heteroatoms. The molecule has 6 nitrogen and oxygen atoms in total. The van der Waals surface area contributed by atoms with Gasteiger partial charge in [-0.05, 0) is 30.0 Å². The van der Waals surface area contributed by atoms with E-state index in [2.05, 4.69) is 5.32 Å². The van der Waals surface area contributed by atoms with Crippen LogP contribution < -0.4 is 5.32 Å². The van der Waals surface area contributed by atoms with E-state index in [1.807, 2.05) is 0 Å². The number of benzene rings is 1. The zero-order chi connectivity index (χ0) is 18.4. The minimum atomic E-state index is -3.46. The quantitative estimate of drug-likeness (QED) is 0.787. The van der Waals surface area contributed by atoms with Gasteiger partial charge < -0.3 is 10.1 Å². The van der Waals surface area contributed by atoms with Crippen molar-refractivity contribution in [3.8, 4) is 0 Å². The number of carbonyl (C=O) groups excluding carboxylic acids is 1. The van der Waals surface area contributed by atoms with E-state index in [4.69, 9.17) is 4.74 Å². The van der Waals surface area contributed by atoms with Crippen LogP contribution in [0.1, 0.15) is 44.1 Å². The summed E-state index contributed by atoms with van der Waals surface area (Å²) in [4.78, 5) is 12.3. The normalized spacial score (nSPS) is 19.5. The minimum absolute atomic E-state index is 0.0712. The van der Waals surface area contributed by atoms with Crippen LogP contribution in [-0.2, 0) is 26.1 Å². The number of rotatable bonds is 7. The second-order valence-electron chi connectivity index (χ2n) is 7.13. The topological polar surface area (TPSA) is 75.7 Å². The average molecular weight is 381 g/mol. The maximum Gasteiger partial charge on any atom is 0.243 e. The SMILES string of the molecule is O=C(CCC1CCCC1)NCc1ccc(S(=O)(=O)N2CCOCC2)cc1. The summed E-state index contributed by atoms with van der Waals surface area (Å²) in [6, 6.07) is 6.77. The first-order valence-corrected chi connectivity index (χ1v) is 10.9. The molecule has 1 aromatic carbocycles. The van der Waals surface area contributed by atoms with Crippen molar-refractivity contribution in [1.82, 2.24) is 9.62 Å². The van der Waals surface area contributed by atoms with Gasteiger partial charge in [-0.3, -0.25) is 4.79 Å². The zero-order valence-corrected chi connectivity index (χ0v) is 16.0. The number of hydrogen-bond donors (Lipinski definition) is 1. The summed E-state index contributed by atoms with van der Waals surface area (Å²) in [5.41, 5.74) is 0.903. The van der Waals surface area contributed by atoms with Gasteiger partial charge in [0.05, 0.1) is 18.1 Å². The number of nitrogens with one attached hydrogen (secondary N) is 1. The maximum absolute atomic E-state index is 12.6. The fraction of sp³-hybridized carbons (Fsp3) is 0.632. The smallest absolute Gasteiger partial charge is 0.243 e. The third-order valence-electron chi connectivity index (χ3n) is 5.28. The number of morpholine rings is 1. The molecule has 144 valence electrons. The van der Waals surface area contributed by atoms with Gasteiger partial charge in [0, 0.05) is 26.1 Å². The van der Waals surface area contributed by atoms with Crippen molar-refractivity contribution in [3.63, 3.8) is 0 Å². The molecule has 1 aromatic rings. The number of amides is 1. The highest BCUT2D eigenvalue weighted by molar-refractivity contribution is 7.89. The fourth-order valence-corrected chi connectivity index (χ4v) is 5.05. The maximum atomic E-state index is 12.6. The van der Waals surface area contributed by atoms with Gasteiger partial charge in [-0.25, -0.2) is 8.42 Å². The number of sulfonamides is 1. The number of carbonyl (C=O) groups is 1. The standard InChI is InChI=1S/C19H28N2O4S/c22-19(10-7-16-3-1-2-4-16)20-15-17-5-8-18(9-6-17)26(23,24)21-11-13-25-14-12-21/h5-6,8-9,16H,1-4,7,10-15H2,(H,20,22). The first kappa shape index (κ1) is 19.3. The third kappa shape index (κ3) is 5.05. The minimum Gasteiger partial charge on any atom is -0.379 e. The molecule has 2 fully saturated rings. The molecule has 0 unspecified atom stereocenters.